The molecule has 124 valence electrons. The largest absolute Gasteiger partial charge is 0.444 e. The summed E-state index contributed by atoms with van der Waals surface area (Å²) in [4.78, 5) is 25.5. The number of carbonyl (C=O) groups excluding carboxylic acids is 2. The fourth-order valence-corrected chi connectivity index (χ4v) is 2.67. The number of benzene rings is 2. The van der Waals surface area contributed by atoms with Crippen molar-refractivity contribution in [3.05, 3.63) is 65.2 Å². The summed E-state index contributed by atoms with van der Waals surface area (Å²) in [6.07, 6.45) is -0.0209. The second-order valence-electron chi connectivity index (χ2n) is 5.50. The first kappa shape index (κ1) is 16.3. The lowest BCUT2D eigenvalue weighted by Gasteiger charge is -2.12. The molecule has 24 heavy (non-hydrogen) atoms. The smallest absolute Gasteiger partial charge is 0.414 e. The number of anilines is 1. The van der Waals surface area contributed by atoms with Gasteiger partial charge in [0.25, 0.3) is 5.91 Å². The molecule has 0 saturated carbocycles. The summed E-state index contributed by atoms with van der Waals surface area (Å²) in [5.41, 5.74) is 1.36. The van der Waals surface area contributed by atoms with Crippen molar-refractivity contribution in [1.82, 2.24) is 5.32 Å². The molecular formula is C18H17ClN2O3. The molecule has 6 heteroatoms. The van der Waals surface area contributed by atoms with Crippen LogP contribution in [0.3, 0.4) is 0 Å². The SMILES string of the molecule is O=C(NCCC1CN(c2ccccc2)C(=O)O1)c1ccc(Cl)cc1. The zero-order chi connectivity index (χ0) is 16.9. The highest BCUT2D eigenvalue weighted by Crippen LogP contribution is 2.22. The van der Waals surface area contributed by atoms with Crippen LogP contribution in [0, 0.1) is 0 Å². The van der Waals surface area contributed by atoms with Crippen LogP contribution in [0.5, 0.6) is 0 Å². The van der Waals surface area contributed by atoms with Gasteiger partial charge in [0.1, 0.15) is 6.10 Å². The van der Waals surface area contributed by atoms with Gasteiger partial charge in [-0.3, -0.25) is 9.69 Å². The molecule has 1 saturated heterocycles. The standard InChI is InChI=1S/C18H17ClN2O3/c19-14-8-6-13(7-9-14)17(22)20-11-10-16-12-21(18(23)24-16)15-4-2-1-3-5-15/h1-9,16H,10-12H2,(H,20,22). The Labute approximate surface area is 145 Å². The van der Waals surface area contributed by atoms with E-state index in [9.17, 15) is 9.59 Å². The first-order chi connectivity index (χ1) is 11.6. The molecule has 3 rings (SSSR count). The highest BCUT2D eigenvalue weighted by atomic mass is 35.5. The number of hydrogen-bond acceptors (Lipinski definition) is 3. The number of carbonyl (C=O) groups is 2. The van der Waals surface area contributed by atoms with Crippen LogP contribution in [0.15, 0.2) is 54.6 Å². The summed E-state index contributed by atoms with van der Waals surface area (Å²) < 4.78 is 5.35. The molecule has 1 N–H and O–H groups in total. The minimum absolute atomic E-state index is 0.170. The van der Waals surface area contributed by atoms with E-state index in [1.54, 1.807) is 29.2 Å². The fourth-order valence-electron chi connectivity index (χ4n) is 2.54. The van der Waals surface area contributed by atoms with Gasteiger partial charge < -0.3 is 10.1 Å². The quantitative estimate of drug-likeness (QED) is 0.903. The third-order valence-corrected chi connectivity index (χ3v) is 4.05. The maximum atomic E-state index is 12.0. The lowest BCUT2D eigenvalue weighted by atomic mass is 10.2. The number of halogens is 1. The maximum absolute atomic E-state index is 12.0. The average molecular weight is 345 g/mol. The Morgan fingerprint density at radius 3 is 2.58 bits per heavy atom. The van der Waals surface area contributed by atoms with Crippen molar-refractivity contribution in [3.8, 4) is 0 Å². The summed E-state index contributed by atoms with van der Waals surface area (Å²) in [6, 6.07) is 16.1. The van der Waals surface area contributed by atoms with E-state index in [-0.39, 0.29) is 18.1 Å². The van der Waals surface area contributed by atoms with Crippen LogP contribution in [0.4, 0.5) is 10.5 Å². The van der Waals surface area contributed by atoms with E-state index >= 15 is 0 Å². The molecule has 2 amide bonds. The highest BCUT2D eigenvalue weighted by Gasteiger charge is 2.31. The Morgan fingerprint density at radius 1 is 1.17 bits per heavy atom. The van der Waals surface area contributed by atoms with E-state index in [2.05, 4.69) is 5.32 Å². The molecule has 0 spiro atoms. The van der Waals surface area contributed by atoms with Gasteiger partial charge in [-0.05, 0) is 36.4 Å². The van der Waals surface area contributed by atoms with E-state index in [4.69, 9.17) is 16.3 Å². The van der Waals surface area contributed by atoms with Gasteiger partial charge in [-0.25, -0.2) is 4.79 Å². The van der Waals surface area contributed by atoms with Crippen LogP contribution >= 0.6 is 11.6 Å². The molecule has 1 aliphatic rings. The van der Waals surface area contributed by atoms with Gasteiger partial charge >= 0.3 is 6.09 Å². The Kier molecular flexibility index (Phi) is 5.01. The van der Waals surface area contributed by atoms with E-state index in [1.807, 2.05) is 30.3 Å². The minimum Gasteiger partial charge on any atom is -0.444 e. The zero-order valence-corrected chi connectivity index (χ0v) is 13.7. The minimum atomic E-state index is -0.352. The predicted molar refractivity (Wildman–Crippen MR) is 92.5 cm³/mol. The summed E-state index contributed by atoms with van der Waals surface area (Å²) in [7, 11) is 0. The van der Waals surface area contributed by atoms with Gasteiger partial charge in [0.2, 0.25) is 0 Å². The van der Waals surface area contributed by atoms with Crippen molar-refractivity contribution in [1.29, 1.82) is 0 Å². The van der Waals surface area contributed by atoms with Crippen molar-refractivity contribution < 1.29 is 14.3 Å². The third-order valence-electron chi connectivity index (χ3n) is 3.80. The van der Waals surface area contributed by atoms with Gasteiger partial charge in [0.15, 0.2) is 0 Å². The predicted octanol–water partition coefficient (Wildman–Crippen LogP) is 3.49. The number of cyclic esters (lactones) is 1. The van der Waals surface area contributed by atoms with Crippen molar-refractivity contribution in [2.24, 2.45) is 0 Å². The number of rotatable bonds is 5. The number of nitrogens with zero attached hydrogens (tertiary/aromatic N) is 1. The molecule has 1 heterocycles. The molecule has 1 atom stereocenters. The van der Waals surface area contributed by atoms with E-state index < -0.39 is 0 Å². The molecule has 0 bridgehead atoms. The molecule has 1 unspecified atom stereocenters. The van der Waals surface area contributed by atoms with Gasteiger partial charge in [0, 0.05) is 29.2 Å². The monoisotopic (exact) mass is 344 g/mol. The molecule has 5 nitrogen and oxygen atoms in total. The molecule has 2 aromatic rings. The molecule has 0 aliphatic carbocycles. The zero-order valence-electron chi connectivity index (χ0n) is 12.9. The van der Waals surface area contributed by atoms with Crippen molar-refractivity contribution in [3.63, 3.8) is 0 Å². The second-order valence-corrected chi connectivity index (χ2v) is 5.94. The van der Waals surface area contributed by atoms with Gasteiger partial charge in [-0.1, -0.05) is 29.8 Å². The van der Waals surface area contributed by atoms with E-state index in [0.717, 1.165) is 5.69 Å². The Morgan fingerprint density at radius 2 is 1.88 bits per heavy atom. The average Bonchev–Trinajstić information content (AvgIpc) is 2.97. The lowest BCUT2D eigenvalue weighted by molar-refractivity contribution is 0.0944. The number of nitrogens with one attached hydrogen (secondary N) is 1. The summed E-state index contributed by atoms with van der Waals surface area (Å²) in [5, 5.41) is 3.41. The number of para-hydroxylation sites is 1. The molecule has 0 radical (unpaired) electrons. The second kappa shape index (κ2) is 7.36. The maximum Gasteiger partial charge on any atom is 0.414 e. The molecular weight excluding hydrogens is 328 g/mol. The Hall–Kier alpha value is -2.53. The van der Waals surface area contributed by atoms with Crippen molar-refractivity contribution in [2.45, 2.75) is 12.5 Å². The van der Waals surface area contributed by atoms with Crippen LogP contribution in [0.25, 0.3) is 0 Å². The molecule has 0 aromatic heterocycles. The van der Waals surface area contributed by atoms with Gasteiger partial charge in [0.05, 0.1) is 6.54 Å². The van der Waals surface area contributed by atoms with Gasteiger partial charge in [-0.15, -0.1) is 0 Å². The summed E-state index contributed by atoms with van der Waals surface area (Å²) >= 11 is 5.80. The number of hydrogen-bond donors (Lipinski definition) is 1. The fraction of sp³-hybridized carbons (Fsp3) is 0.222. The van der Waals surface area contributed by atoms with Crippen LogP contribution in [0.1, 0.15) is 16.8 Å². The number of ether oxygens (including phenoxy) is 1. The van der Waals surface area contributed by atoms with Gasteiger partial charge in [-0.2, -0.15) is 0 Å². The molecule has 2 aromatic carbocycles. The first-order valence-electron chi connectivity index (χ1n) is 7.70. The van der Waals surface area contributed by atoms with Crippen LogP contribution < -0.4 is 10.2 Å². The highest BCUT2D eigenvalue weighted by molar-refractivity contribution is 6.30. The molecule has 1 fully saturated rings. The summed E-state index contributed by atoms with van der Waals surface area (Å²) in [5.74, 6) is -0.170. The first-order valence-corrected chi connectivity index (χ1v) is 8.08. The Balaban J connectivity index is 1.48. The number of amides is 2. The van der Waals surface area contributed by atoms with E-state index in [1.165, 1.54) is 0 Å². The van der Waals surface area contributed by atoms with Crippen molar-refractivity contribution in [2.75, 3.05) is 18.0 Å². The Bertz CT molecular complexity index is 719. The third kappa shape index (κ3) is 3.86. The van der Waals surface area contributed by atoms with Crippen LogP contribution in [-0.2, 0) is 4.74 Å². The topological polar surface area (TPSA) is 58.6 Å². The molecule has 1 aliphatic heterocycles. The van der Waals surface area contributed by atoms with E-state index in [0.29, 0.717) is 30.1 Å². The lowest BCUT2D eigenvalue weighted by Crippen LogP contribution is -2.29. The van der Waals surface area contributed by atoms with Crippen molar-refractivity contribution >= 4 is 29.3 Å². The normalized spacial score (nSPS) is 16.8. The van der Waals surface area contributed by atoms with Crippen LogP contribution in [-0.4, -0.2) is 31.2 Å². The van der Waals surface area contributed by atoms with Crippen LogP contribution in [0.2, 0.25) is 5.02 Å². The summed E-state index contributed by atoms with van der Waals surface area (Å²) in [6.45, 7) is 0.918.